The Balaban J connectivity index is 2.26. The molecule has 0 aliphatic heterocycles. The standard InChI is InChI=1S/C22H34O4/c1-15(14-19(23)25-5)8-10-17-16(2)9-11-18-21(17,3)12-7-13-22(18,4)20(24)26-6/h9,14,17-18H,7-8,10-13H2,1-6H3. The summed E-state index contributed by atoms with van der Waals surface area (Å²) in [4.78, 5) is 24.1. The first kappa shape index (κ1) is 20.7. The molecule has 4 atom stereocenters. The second-order valence-corrected chi connectivity index (χ2v) is 8.61. The number of hydrogen-bond acceptors (Lipinski definition) is 4. The van der Waals surface area contributed by atoms with Crippen LogP contribution in [0.25, 0.3) is 0 Å². The Morgan fingerprint density at radius 2 is 1.92 bits per heavy atom. The number of rotatable bonds is 5. The molecule has 0 aromatic carbocycles. The van der Waals surface area contributed by atoms with Crippen molar-refractivity contribution in [3.63, 3.8) is 0 Å². The summed E-state index contributed by atoms with van der Waals surface area (Å²) in [6, 6.07) is 0. The summed E-state index contributed by atoms with van der Waals surface area (Å²) in [5, 5.41) is 0. The SMILES string of the molecule is COC(=O)C=C(C)CCC1C(C)=CCC2C(C)(C(=O)OC)CCCC12C. The molecule has 26 heavy (non-hydrogen) atoms. The minimum Gasteiger partial charge on any atom is -0.469 e. The lowest BCUT2D eigenvalue weighted by molar-refractivity contribution is -0.166. The molecule has 0 N–H and O–H groups in total. The van der Waals surface area contributed by atoms with E-state index in [-0.39, 0.29) is 17.4 Å². The maximum absolute atomic E-state index is 12.6. The van der Waals surface area contributed by atoms with Crippen molar-refractivity contribution in [1.29, 1.82) is 0 Å². The van der Waals surface area contributed by atoms with E-state index in [0.717, 1.165) is 44.1 Å². The number of ether oxygens (including phenoxy) is 2. The summed E-state index contributed by atoms with van der Waals surface area (Å²) >= 11 is 0. The van der Waals surface area contributed by atoms with Crippen molar-refractivity contribution in [2.24, 2.45) is 22.7 Å². The topological polar surface area (TPSA) is 52.6 Å². The average molecular weight is 363 g/mol. The normalized spacial score (nSPS) is 34.5. The van der Waals surface area contributed by atoms with Crippen molar-refractivity contribution in [3.8, 4) is 0 Å². The Bertz CT molecular complexity index is 618. The van der Waals surface area contributed by atoms with Gasteiger partial charge in [0.2, 0.25) is 0 Å². The fourth-order valence-corrected chi connectivity index (χ4v) is 5.56. The van der Waals surface area contributed by atoms with Crippen LogP contribution < -0.4 is 0 Å². The van der Waals surface area contributed by atoms with E-state index in [1.165, 1.54) is 19.8 Å². The first-order valence-electron chi connectivity index (χ1n) is 9.69. The van der Waals surface area contributed by atoms with Crippen LogP contribution in [0.3, 0.4) is 0 Å². The lowest BCUT2D eigenvalue weighted by Gasteiger charge is -2.56. The highest BCUT2D eigenvalue weighted by atomic mass is 16.5. The molecule has 4 nitrogen and oxygen atoms in total. The van der Waals surface area contributed by atoms with E-state index < -0.39 is 5.41 Å². The van der Waals surface area contributed by atoms with Gasteiger partial charge in [-0.1, -0.05) is 30.6 Å². The van der Waals surface area contributed by atoms with Crippen LogP contribution in [0.4, 0.5) is 0 Å². The van der Waals surface area contributed by atoms with Gasteiger partial charge in [-0.25, -0.2) is 4.79 Å². The predicted octanol–water partition coefficient (Wildman–Crippen LogP) is 4.84. The predicted molar refractivity (Wildman–Crippen MR) is 102 cm³/mol. The van der Waals surface area contributed by atoms with Crippen molar-refractivity contribution < 1.29 is 19.1 Å². The minimum absolute atomic E-state index is 0.0677. The highest BCUT2D eigenvalue weighted by Gasteiger charge is 2.56. The van der Waals surface area contributed by atoms with Crippen molar-refractivity contribution in [2.45, 2.75) is 66.2 Å². The van der Waals surface area contributed by atoms with Gasteiger partial charge in [-0.3, -0.25) is 4.79 Å². The number of hydrogen-bond donors (Lipinski definition) is 0. The number of methoxy groups -OCH3 is 2. The highest BCUT2D eigenvalue weighted by molar-refractivity contribution is 5.82. The van der Waals surface area contributed by atoms with E-state index in [2.05, 4.69) is 26.8 Å². The average Bonchev–Trinajstić information content (AvgIpc) is 2.59. The molecule has 2 aliphatic rings. The molecule has 4 heteroatoms. The number of fused-ring (bicyclic) bond motifs is 1. The van der Waals surface area contributed by atoms with Crippen LogP contribution in [0.15, 0.2) is 23.3 Å². The van der Waals surface area contributed by atoms with Crippen LogP contribution in [0.2, 0.25) is 0 Å². The molecule has 0 aromatic heterocycles. The number of carbonyl (C=O) groups excluding carboxylic acids is 2. The lowest BCUT2D eigenvalue weighted by atomic mass is 9.47. The van der Waals surface area contributed by atoms with Crippen molar-refractivity contribution >= 4 is 11.9 Å². The summed E-state index contributed by atoms with van der Waals surface area (Å²) in [6.45, 7) is 8.65. The van der Waals surface area contributed by atoms with Gasteiger partial charge in [-0.2, -0.15) is 0 Å². The molecule has 4 unspecified atom stereocenters. The van der Waals surface area contributed by atoms with Gasteiger partial charge in [0.05, 0.1) is 19.6 Å². The second kappa shape index (κ2) is 7.98. The lowest BCUT2D eigenvalue weighted by Crippen LogP contribution is -2.52. The Labute approximate surface area is 158 Å². The largest absolute Gasteiger partial charge is 0.469 e. The van der Waals surface area contributed by atoms with Crippen LogP contribution >= 0.6 is 0 Å². The second-order valence-electron chi connectivity index (χ2n) is 8.61. The minimum atomic E-state index is -0.409. The third-order valence-electron chi connectivity index (χ3n) is 7.04. The maximum Gasteiger partial charge on any atom is 0.330 e. The molecular formula is C22H34O4. The Morgan fingerprint density at radius 1 is 1.23 bits per heavy atom. The van der Waals surface area contributed by atoms with E-state index in [0.29, 0.717) is 11.8 Å². The molecular weight excluding hydrogens is 328 g/mol. The smallest absolute Gasteiger partial charge is 0.330 e. The molecule has 1 fully saturated rings. The van der Waals surface area contributed by atoms with Crippen LogP contribution in [0.1, 0.15) is 66.2 Å². The van der Waals surface area contributed by atoms with Crippen molar-refractivity contribution in [3.05, 3.63) is 23.3 Å². The van der Waals surface area contributed by atoms with Gasteiger partial charge in [-0.05, 0) is 70.1 Å². The molecule has 2 rings (SSSR count). The quantitative estimate of drug-likeness (QED) is 0.399. The zero-order valence-corrected chi connectivity index (χ0v) is 17.2. The van der Waals surface area contributed by atoms with E-state index >= 15 is 0 Å². The highest BCUT2D eigenvalue weighted by Crippen LogP contribution is 2.61. The van der Waals surface area contributed by atoms with E-state index in [4.69, 9.17) is 9.47 Å². The zero-order valence-electron chi connectivity index (χ0n) is 17.2. The summed E-state index contributed by atoms with van der Waals surface area (Å²) in [5.74, 6) is 0.363. The molecule has 0 heterocycles. The summed E-state index contributed by atoms with van der Waals surface area (Å²) in [7, 11) is 2.91. The fraction of sp³-hybridized carbons (Fsp3) is 0.727. The Hall–Kier alpha value is -1.58. The van der Waals surface area contributed by atoms with Crippen molar-refractivity contribution in [2.75, 3.05) is 14.2 Å². The molecule has 0 aromatic rings. The summed E-state index contributed by atoms with van der Waals surface area (Å²) in [6.07, 6.45) is 9.81. The Morgan fingerprint density at radius 3 is 2.54 bits per heavy atom. The first-order valence-corrected chi connectivity index (χ1v) is 9.69. The third-order valence-corrected chi connectivity index (χ3v) is 7.04. The van der Waals surface area contributed by atoms with Gasteiger partial charge >= 0.3 is 11.9 Å². The van der Waals surface area contributed by atoms with E-state index in [1.807, 2.05) is 6.92 Å². The van der Waals surface area contributed by atoms with Gasteiger partial charge in [0.15, 0.2) is 0 Å². The van der Waals surface area contributed by atoms with E-state index in [1.54, 1.807) is 6.08 Å². The molecule has 0 saturated heterocycles. The van der Waals surface area contributed by atoms with Gasteiger partial charge in [-0.15, -0.1) is 0 Å². The van der Waals surface area contributed by atoms with Gasteiger partial charge in [0, 0.05) is 6.08 Å². The number of carbonyl (C=O) groups is 2. The number of allylic oxidation sites excluding steroid dienone is 3. The Kier molecular flexibility index (Phi) is 6.36. The van der Waals surface area contributed by atoms with Gasteiger partial charge in [0.25, 0.3) is 0 Å². The van der Waals surface area contributed by atoms with E-state index in [9.17, 15) is 9.59 Å². The zero-order chi connectivity index (χ0) is 19.5. The molecule has 0 bridgehead atoms. The number of esters is 2. The van der Waals surface area contributed by atoms with Crippen LogP contribution in [-0.4, -0.2) is 26.2 Å². The molecule has 0 amide bonds. The van der Waals surface area contributed by atoms with Gasteiger partial charge in [0.1, 0.15) is 0 Å². The van der Waals surface area contributed by atoms with Gasteiger partial charge < -0.3 is 9.47 Å². The molecule has 1 saturated carbocycles. The molecule has 2 aliphatic carbocycles. The van der Waals surface area contributed by atoms with Crippen LogP contribution in [-0.2, 0) is 19.1 Å². The van der Waals surface area contributed by atoms with Crippen molar-refractivity contribution in [1.82, 2.24) is 0 Å². The molecule has 0 spiro atoms. The fourth-order valence-electron chi connectivity index (χ4n) is 5.56. The first-order chi connectivity index (χ1) is 12.2. The third kappa shape index (κ3) is 3.74. The molecule has 146 valence electrons. The summed E-state index contributed by atoms with van der Waals surface area (Å²) in [5.41, 5.74) is 2.14. The monoisotopic (exact) mass is 362 g/mol. The summed E-state index contributed by atoms with van der Waals surface area (Å²) < 4.78 is 9.91. The van der Waals surface area contributed by atoms with Crippen LogP contribution in [0, 0.1) is 22.7 Å². The molecule has 0 radical (unpaired) electrons. The van der Waals surface area contributed by atoms with Crippen LogP contribution in [0.5, 0.6) is 0 Å². The maximum atomic E-state index is 12.6.